The fraction of sp³-hybridized carbons (Fsp3) is 0.688. The summed E-state index contributed by atoms with van der Waals surface area (Å²) in [6.07, 6.45) is 10.2. The minimum Gasteiger partial charge on any atom is -0.303 e. The molecule has 1 heterocycles. The van der Waals surface area contributed by atoms with E-state index in [1.165, 1.54) is 5.57 Å². The van der Waals surface area contributed by atoms with E-state index in [1.807, 2.05) is 6.08 Å². The van der Waals surface area contributed by atoms with Crippen molar-refractivity contribution in [3.8, 4) is 0 Å². The molecule has 0 atom stereocenters. The van der Waals surface area contributed by atoms with Gasteiger partial charge >= 0.3 is 0 Å². The molecule has 0 amide bonds. The SMILES string of the molecule is CC(=O)C1(C2=CC=CCC2)CCN(CCCS(=O)(=O)O)CC1. The highest BCUT2D eigenvalue weighted by Crippen LogP contribution is 2.42. The van der Waals surface area contributed by atoms with Gasteiger partial charge in [-0.1, -0.05) is 23.8 Å². The van der Waals surface area contributed by atoms with Crippen molar-refractivity contribution in [1.29, 1.82) is 0 Å². The first-order chi connectivity index (χ1) is 10.3. The summed E-state index contributed by atoms with van der Waals surface area (Å²) >= 11 is 0. The topological polar surface area (TPSA) is 74.7 Å². The number of carbonyl (C=O) groups is 1. The molecule has 0 spiro atoms. The van der Waals surface area contributed by atoms with Gasteiger partial charge in [-0.2, -0.15) is 8.42 Å². The van der Waals surface area contributed by atoms with Crippen LogP contribution in [0.5, 0.6) is 0 Å². The van der Waals surface area contributed by atoms with E-state index in [4.69, 9.17) is 4.55 Å². The summed E-state index contributed by atoms with van der Waals surface area (Å²) in [4.78, 5) is 14.5. The molecule has 1 fully saturated rings. The van der Waals surface area contributed by atoms with Crippen molar-refractivity contribution in [3.63, 3.8) is 0 Å². The van der Waals surface area contributed by atoms with Gasteiger partial charge in [0, 0.05) is 0 Å². The average molecular weight is 327 g/mol. The second-order valence-corrected chi connectivity index (χ2v) is 7.85. The van der Waals surface area contributed by atoms with Gasteiger partial charge in [0.15, 0.2) is 0 Å². The van der Waals surface area contributed by atoms with Gasteiger partial charge in [-0.15, -0.1) is 0 Å². The molecule has 124 valence electrons. The Morgan fingerprint density at radius 3 is 2.55 bits per heavy atom. The van der Waals surface area contributed by atoms with Crippen LogP contribution in [-0.2, 0) is 14.9 Å². The molecule has 1 aliphatic heterocycles. The van der Waals surface area contributed by atoms with E-state index in [2.05, 4.69) is 17.1 Å². The van der Waals surface area contributed by atoms with E-state index in [1.54, 1.807) is 6.92 Å². The fourth-order valence-electron chi connectivity index (χ4n) is 3.53. The van der Waals surface area contributed by atoms with Crippen LogP contribution in [0, 0.1) is 5.41 Å². The van der Waals surface area contributed by atoms with Crippen molar-refractivity contribution in [3.05, 3.63) is 23.8 Å². The molecule has 22 heavy (non-hydrogen) atoms. The molecular weight excluding hydrogens is 302 g/mol. The molecule has 0 aromatic heterocycles. The summed E-state index contributed by atoms with van der Waals surface area (Å²) in [5.41, 5.74) is 0.921. The molecule has 5 nitrogen and oxygen atoms in total. The summed E-state index contributed by atoms with van der Waals surface area (Å²) < 4.78 is 30.3. The molecule has 2 rings (SSSR count). The van der Waals surface area contributed by atoms with Gasteiger partial charge in [0.1, 0.15) is 5.78 Å². The van der Waals surface area contributed by atoms with E-state index >= 15 is 0 Å². The van der Waals surface area contributed by atoms with Crippen LogP contribution >= 0.6 is 0 Å². The Bertz CT molecular complexity index is 569. The Kier molecular flexibility index (Phi) is 5.58. The van der Waals surface area contributed by atoms with Crippen molar-refractivity contribution in [2.24, 2.45) is 5.41 Å². The zero-order valence-corrected chi connectivity index (χ0v) is 13.9. The summed E-state index contributed by atoms with van der Waals surface area (Å²) in [6.45, 7) is 3.93. The van der Waals surface area contributed by atoms with Crippen molar-refractivity contribution in [2.45, 2.75) is 39.0 Å². The molecule has 6 heteroatoms. The number of hydrogen-bond donors (Lipinski definition) is 1. The number of carbonyl (C=O) groups excluding carboxylic acids is 1. The Labute approximate surface area is 132 Å². The normalized spacial score (nSPS) is 22.4. The lowest BCUT2D eigenvalue weighted by Crippen LogP contribution is -2.45. The maximum atomic E-state index is 12.3. The third-order valence-electron chi connectivity index (χ3n) is 4.89. The standard InChI is InChI=1S/C16H25NO4S/c1-14(18)16(15-6-3-2-4-7-15)8-11-17(12-9-16)10-5-13-22(19,20)21/h2-3,6H,4-5,7-13H2,1H3,(H,19,20,21). The highest BCUT2D eigenvalue weighted by Gasteiger charge is 2.41. The van der Waals surface area contributed by atoms with E-state index in [-0.39, 0.29) is 17.0 Å². The summed E-state index contributed by atoms with van der Waals surface area (Å²) in [7, 11) is -3.88. The minimum absolute atomic E-state index is 0.197. The molecule has 2 aliphatic rings. The van der Waals surface area contributed by atoms with Gasteiger partial charge in [0.25, 0.3) is 10.1 Å². The molecule has 1 saturated heterocycles. The zero-order valence-electron chi connectivity index (χ0n) is 13.1. The van der Waals surface area contributed by atoms with Gasteiger partial charge in [-0.05, 0) is 58.7 Å². The first-order valence-corrected chi connectivity index (χ1v) is 9.49. The average Bonchev–Trinajstić information content (AvgIpc) is 2.47. The van der Waals surface area contributed by atoms with Crippen LogP contribution < -0.4 is 0 Å². The van der Waals surface area contributed by atoms with Crippen LogP contribution in [0.2, 0.25) is 0 Å². The number of allylic oxidation sites excluding steroid dienone is 4. The van der Waals surface area contributed by atoms with E-state index in [0.29, 0.717) is 13.0 Å². The monoisotopic (exact) mass is 327 g/mol. The van der Waals surface area contributed by atoms with Gasteiger partial charge < -0.3 is 4.90 Å². The smallest absolute Gasteiger partial charge is 0.264 e. The largest absolute Gasteiger partial charge is 0.303 e. The molecule has 1 N–H and O–H groups in total. The van der Waals surface area contributed by atoms with E-state index < -0.39 is 10.1 Å². The molecule has 0 saturated carbocycles. The number of piperidine rings is 1. The zero-order chi connectivity index (χ0) is 16.2. The Morgan fingerprint density at radius 1 is 1.36 bits per heavy atom. The Hall–Kier alpha value is -0.980. The number of hydrogen-bond acceptors (Lipinski definition) is 4. The summed E-state index contributed by atoms with van der Waals surface area (Å²) in [5.74, 6) is 0.0451. The predicted octanol–water partition coefficient (Wildman–Crippen LogP) is 2.21. The minimum atomic E-state index is -3.88. The third kappa shape index (κ3) is 4.27. The van der Waals surface area contributed by atoms with E-state index in [0.717, 1.165) is 38.8 Å². The lowest BCUT2D eigenvalue weighted by molar-refractivity contribution is -0.127. The summed E-state index contributed by atoms with van der Waals surface area (Å²) in [5, 5.41) is 0. The highest BCUT2D eigenvalue weighted by atomic mass is 32.2. The first-order valence-electron chi connectivity index (χ1n) is 7.88. The molecule has 0 bridgehead atoms. The van der Waals surface area contributed by atoms with Crippen LogP contribution in [0.15, 0.2) is 23.8 Å². The quantitative estimate of drug-likeness (QED) is 0.757. The second kappa shape index (κ2) is 7.06. The van der Waals surface area contributed by atoms with Crippen molar-refractivity contribution in [1.82, 2.24) is 4.90 Å². The molecule has 0 radical (unpaired) electrons. The first kappa shape index (κ1) is 17.4. The molecule has 1 aliphatic carbocycles. The number of nitrogens with zero attached hydrogens (tertiary/aromatic N) is 1. The van der Waals surface area contributed by atoms with Crippen LogP contribution in [0.1, 0.15) is 39.0 Å². The van der Waals surface area contributed by atoms with Gasteiger partial charge in [0.2, 0.25) is 0 Å². The highest BCUT2D eigenvalue weighted by molar-refractivity contribution is 7.85. The Morgan fingerprint density at radius 2 is 2.05 bits per heavy atom. The van der Waals surface area contributed by atoms with E-state index in [9.17, 15) is 13.2 Å². The number of rotatable bonds is 6. The van der Waals surface area contributed by atoms with Gasteiger partial charge in [-0.3, -0.25) is 9.35 Å². The van der Waals surface area contributed by atoms with Crippen LogP contribution in [-0.4, -0.2) is 49.0 Å². The van der Waals surface area contributed by atoms with Crippen molar-refractivity contribution in [2.75, 3.05) is 25.4 Å². The van der Waals surface area contributed by atoms with Crippen LogP contribution in [0.25, 0.3) is 0 Å². The van der Waals surface area contributed by atoms with Crippen molar-refractivity contribution >= 4 is 15.9 Å². The third-order valence-corrected chi connectivity index (χ3v) is 5.69. The van der Waals surface area contributed by atoms with Crippen LogP contribution in [0.3, 0.4) is 0 Å². The Balaban J connectivity index is 1.94. The second-order valence-electron chi connectivity index (χ2n) is 6.28. The number of likely N-dealkylation sites (tertiary alicyclic amines) is 1. The van der Waals surface area contributed by atoms with Gasteiger partial charge in [-0.25, -0.2) is 0 Å². The predicted molar refractivity (Wildman–Crippen MR) is 86.3 cm³/mol. The molecule has 0 aromatic rings. The molecule has 0 unspecified atom stereocenters. The number of ketones is 1. The van der Waals surface area contributed by atoms with Crippen LogP contribution in [0.4, 0.5) is 0 Å². The fourth-order valence-corrected chi connectivity index (χ4v) is 4.02. The molecular formula is C16H25NO4S. The lowest BCUT2D eigenvalue weighted by Gasteiger charge is -2.42. The summed E-state index contributed by atoms with van der Waals surface area (Å²) in [6, 6.07) is 0. The van der Waals surface area contributed by atoms with Gasteiger partial charge in [0.05, 0.1) is 11.2 Å². The lowest BCUT2D eigenvalue weighted by atomic mass is 9.67. The maximum absolute atomic E-state index is 12.3. The maximum Gasteiger partial charge on any atom is 0.264 e. The van der Waals surface area contributed by atoms with Crippen molar-refractivity contribution < 1.29 is 17.8 Å². The number of Topliss-reactive ketones (excluding diaryl/α,β-unsaturated/α-hetero) is 1. The molecule has 0 aromatic carbocycles.